The molecule has 0 aliphatic carbocycles. The largest absolute Gasteiger partial charge is 0.396 e. The standard InChI is InChI=1S/C8H12BrN3O/c1-5(4-13)12-8-7(10)2-6(9)3-11-8/h2-3,5,13H,4,10H2,1H3,(H,11,12). The third-order valence-corrected chi connectivity index (χ3v) is 1.97. The van der Waals surface area contributed by atoms with Crippen LogP contribution in [0, 0.1) is 0 Å². The average molecular weight is 246 g/mol. The predicted octanol–water partition coefficient (Wildman–Crippen LogP) is 1.22. The normalized spacial score (nSPS) is 12.5. The van der Waals surface area contributed by atoms with Crippen molar-refractivity contribution in [3.8, 4) is 0 Å². The van der Waals surface area contributed by atoms with E-state index in [0.717, 1.165) is 4.47 Å². The zero-order chi connectivity index (χ0) is 9.84. The number of pyridine rings is 1. The van der Waals surface area contributed by atoms with Gasteiger partial charge >= 0.3 is 0 Å². The molecule has 0 fully saturated rings. The number of nitrogens with zero attached hydrogens (tertiary/aromatic N) is 1. The van der Waals surface area contributed by atoms with E-state index in [1.54, 1.807) is 12.3 Å². The summed E-state index contributed by atoms with van der Waals surface area (Å²) in [4.78, 5) is 4.07. The van der Waals surface area contributed by atoms with Crippen LogP contribution in [0.4, 0.5) is 11.5 Å². The molecule has 1 atom stereocenters. The van der Waals surface area contributed by atoms with Gasteiger partial charge in [-0.05, 0) is 28.9 Å². The van der Waals surface area contributed by atoms with Crippen molar-refractivity contribution < 1.29 is 5.11 Å². The first-order valence-electron chi connectivity index (χ1n) is 3.92. The van der Waals surface area contributed by atoms with E-state index in [1.807, 2.05) is 6.92 Å². The zero-order valence-corrected chi connectivity index (χ0v) is 8.87. The molecule has 0 amide bonds. The Morgan fingerprint density at radius 3 is 3.00 bits per heavy atom. The SMILES string of the molecule is CC(CO)Nc1ncc(Br)cc1N. The fourth-order valence-electron chi connectivity index (χ4n) is 0.855. The number of aliphatic hydroxyl groups excluding tert-OH is 1. The Balaban J connectivity index is 2.77. The smallest absolute Gasteiger partial charge is 0.149 e. The molecule has 0 saturated heterocycles. The first kappa shape index (κ1) is 10.3. The summed E-state index contributed by atoms with van der Waals surface area (Å²) in [7, 11) is 0. The molecule has 1 aromatic rings. The van der Waals surface area contributed by atoms with Gasteiger partial charge in [-0.2, -0.15) is 0 Å². The molecule has 0 bridgehead atoms. The van der Waals surface area contributed by atoms with Crippen molar-refractivity contribution in [2.24, 2.45) is 0 Å². The Morgan fingerprint density at radius 2 is 2.46 bits per heavy atom. The van der Waals surface area contributed by atoms with Gasteiger partial charge in [-0.1, -0.05) is 0 Å². The second kappa shape index (κ2) is 4.43. The van der Waals surface area contributed by atoms with Crippen molar-refractivity contribution in [3.05, 3.63) is 16.7 Å². The molecule has 4 N–H and O–H groups in total. The maximum atomic E-state index is 8.80. The predicted molar refractivity (Wildman–Crippen MR) is 56.5 cm³/mol. The molecule has 0 aromatic carbocycles. The minimum absolute atomic E-state index is 0.0454. The van der Waals surface area contributed by atoms with Gasteiger partial charge in [-0.15, -0.1) is 0 Å². The van der Waals surface area contributed by atoms with Crippen LogP contribution in [0.15, 0.2) is 16.7 Å². The molecule has 72 valence electrons. The Hall–Kier alpha value is -0.810. The summed E-state index contributed by atoms with van der Waals surface area (Å²) < 4.78 is 0.840. The summed E-state index contributed by atoms with van der Waals surface area (Å²) in [6.45, 7) is 1.90. The Morgan fingerprint density at radius 1 is 1.77 bits per heavy atom. The van der Waals surface area contributed by atoms with E-state index in [0.29, 0.717) is 11.5 Å². The molecule has 1 unspecified atom stereocenters. The van der Waals surface area contributed by atoms with Gasteiger partial charge in [0.15, 0.2) is 0 Å². The third-order valence-electron chi connectivity index (χ3n) is 1.54. The van der Waals surface area contributed by atoms with Crippen LogP contribution in [0.2, 0.25) is 0 Å². The number of aliphatic hydroxyl groups is 1. The van der Waals surface area contributed by atoms with Crippen molar-refractivity contribution in [1.82, 2.24) is 4.98 Å². The molecule has 0 aliphatic rings. The van der Waals surface area contributed by atoms with E-state index in [1.165, 1.54) is 0 Å². The summed E-state index contributed by atoms with van der Waals surface area (Å²) in [5, 5.41) is 11.8. The number of aromatic nitrogens is 1. The van der Waals surface area contributed by atoms with Crippen LogP contribution in [-0.2, 0) is 0 Å². The number of hydrogen-bond acceptors (Lipinski definition) is 4. The van der Waals surface area contributed by atoms with E-state index < -0.39 is 0 Å². The zero-order valence-electron chi connectivity index (χ0n) is 7.29. The summed E-state index contributed by atoms with van der Waals surface area (Å²) in [5.74, 6) is 0.602. The van der Waals surface area contributed by atoms with Crippen LogP contribution < -0.4 is 11.1 Å². The number of hydrogen-bond donors (Lipinski definition) is 3. The number of rotatable bonds is 3. The molecule has 0 saturated carbocycles. The van der Waals surface area contributed by atoms with Crippen LogP contribution in [-0.4, -0.2) is 22.7 Å². The van der Waals surface area contributed by atoms with Crippen molar-refractivity contribution in [3.63, 3.8) is 0 Å². The number of anilines is 2. The van der Waals surface area contributed by atoms with Gasteiger partial charge in [-0.25, -0.2) is 4.98 Å². The number of nitrogens with one attached hydrogen (secondary N) is 1. The van der Waals surface area contributed by atoms with Gasteiger partial charge in [0.1, 0.15) is 5.82 Å². The maximum Gasteiger partial charge on any atom is 0.149 e. The molecule has 1 aromatic heterocycles. The highest BCUT2D eigenvalue weighted by Gasteiger charge is 2.04. The van der Waals surface area contributed by atoms with Crippen LogP contribution in [0.3, 0.4) is 0 Å². The summed E-state index contributed by atoms with van der Waals surface area (Å²) in [5.41, 5.74) is 6.25. The van der Waals surface area contributed by atoms with Crippen LogP contribution >= 0.6 is 15.9 Å². The minimum atomic E-state index is -0.0454. The second-order valence-electron chi connectivity index (χ2n) is 2.82. The number of halogens is 1. The summed E-state index contributed by atoms with van der Waals surface area (Å²) >= 11 is 3.26. The maximum absolute atomic E-state index is 8.80. The third kappa shape index (κ3) is 2.86. The van der Waals surface area contributed by atoms with E-state index in [9.17, 15) is 0 Å². The summed E-state index contributed by atoms with van der Waals surface area (Å²) in [6, 6.07) is 1.72. The monoisotopic (exact) mass is 245 g/mol. The molecular weight excluding hydrogens is 234 g/mol. The molecule has 0 spiro atoms. The minimum Gasteiger partial charge on any atom is -0.396 e. The lowest BCUT2D eigenvalue weighted by molar-refractivity contribution is 0.281. The van der Waals surface area contributed by atoms with Gasteiger partial charge in [0.05, 0.1) is 12.3 Å². The molecule has 1 rings (SSSR count). The number of nitrogen functional groups attached to an aromatic ring is 1. The lowest BCUT2D eigenvalue weighted by Crippen LogP contribution is -2.20. The van der Waals surface area contributed by atoms with Gasteiger partial charge in [0.2, 0.25) is 0 Å². The number of nitrogens with two attached hydrogens (primary N) is 1. The quantitative estimate of drug-likeness (QED) is 0.749. The van der Waals surface area contributed by atoms with Crippen LogP contribution in [0.1, 0.15) is 6.92 Å². The highest BCUT2D eigenvalue weighted by atomic mass is 79.9. The average Bonchev–Trinajstić information content (AvgIpc) is 2.09. The van der Waals surface area contributed by atoms with Crippen molar-refractivity contribution >= 4 is 27.4 Å². The molecule has 0 radical (unpaired) electrons. The van der Waals surface area contributed by atoms with Gasteiger partial charge in [0.25, 0.3) is 0 Å². The first-order valence-corrected chi connectivity index (χ1v) is 4.71. The van der Waals surface area contributed by atoms with Gasteiger partial charge < -0.3 is 16.2 Å². The van der Waals surface area contributed by atoms with Crippen LogP contribution in [0.25, 0.3) is 0 Å². The van der Waals surface area contributed by atoms with E-state index in [-0.39, 0.29) is 12.6 Å². The van der Waals surface area contributed by atoms with Crippen molar-refractivity contribution in [2.45, 2.75) is 13.0 Å². The van der Waals surface area contributed by atoms with Crippen LogP contribution in [0.5, 0.6) is 0 Å². The first-order chi connectivity index (χ1) is 6.13. The topological polar surface area (TPSA) is 71.2 Å². The van der Waals surface area contributed by atoms with E-state index in [4.69, 9.17) is 10.8 Å². The molecule has 5 heteroatoms. The molecule has 4 nitrogen and oxygen atoms in total. The Kier molecular flexibility index (Phi) is 3.50. The van der Waals surface area contributed by atoms with E-state index >= 15 is 0 Å². The van der Waals surface area contributed by atoms with Gasteiger partial charge in [0, 0.05) is 16.7 Å². The molecular formula is C8H12BrN3O. The van der Waals surface area contributed by atoms with Crippen molar-refractivity contribution in [2.75, 3.05) is 17.7 Å². The lowest BCUT2D eigenvalue weighted by atomic mass is 10.3. The highest BCUT2D eigenvalue weighted by molar-refractivity contribution is 9.10. The fourth-order valence-corrected chi connectivity index (χ4v) is 1.20. The highest BCUT2D eigenvalue weighted by Crippen LogP contribution is 2.20. The molecule has 0 aliphatic heterocycles. The lowest BCUT2D eigenvalue weighted by Gasteiger charge is -2.12. The Bertz CT molecular complexity index is 293. The summed E-state index contributed by atoms with van der Waals surface area (Å²) in [6.07, 6.45) is 1.66. The molecule has 1 heterocycles. The second-order valence-corrected chi connectivity index (χ2v) is 3.74. The fraction of sp³-hybridized carbons (Fsp3) is 0.375. The van der Waals surface area contributed by atoms with Gasteiger partial charge in [-0.3, -0.25) is 0 Å². The Labute approximate surface area is 85.3 Å². The van der Waals surface area contributed by atoms with E-state index in [2.05, 4.69) is 26.2 Å². The van der Waals surface area contributed by atoms with Crippen molar-refractivity contribution in [1.29, 1.82) is 0 Å². The molecule has 13 heavy (non-hydrogen) atoms.